The Morgan fingerprint density at radius 3 is 2.61 bits per heavy atom. The highest BCUT2D eigenvalue weighted by Crippen LogP contribution is 2.52. The van der Waals surface area contributed by atoms with Crippen LogP contribution in [0.15, 0.2) is 6.07 Å². The highest BCUT2D eigenvalue weighted by Gasteiger charge is 2.49. The van der Waals surface area contributed by atoms with Gasteiger partial charge in [-0.05, 0) is 36.8 Å². The third kappa shape index (κ3) is 2.72. The first kappa shape index (κ1) is 16.6. The number of halogens is 2. The van der Waals surface area contributed by atoms with Crippen molar-refractivity contribution in [1.82, 2.24) is 0 Å². The Kier molecular flexibility index (Phi) is 4.32. The highest BCUT2D eigenvalue weighted by molar-refractivity contribution is 6.45. The quantitative estimate of drug-likeness (QED) is 0.832. The van der Waals surface area contributed by atoms with Gasteiger partial charge in [-0.15, -0.1) is 0 Å². The zero-order valence-corrected chi connectivity index (χ0v) is 14.3. The van der Waals surface area contributed by atoms with Gasteiger partial charge in [0.2, 0.25) is 0 Å². The second-order valence-corrected chi connectivity index (χ2v) is 7.36. The normalized spacial score (nSPS) is 24.0. The number of rotatable bonds is 4. The Morgan fingerprint density at radius 2 is 2.00 bits per heavy atom. The third-order valence-electron chi connectivity index (χ3n) is 5.16. The molecular formula is C17H17Cl2O4-. The van der Waals surface area contributed by atoms with Crippen LogP contribution in [0.1, 0.15) is 48.5 Å². The molecule has 0 unspecified atom stereocenters. The Morgan fingerprint density at radius 1 is 1.35 bits per heavy atom. The minimum absolute atomic E-state index is 0.0396. The van der Waals surface area contributed by atoms with Crippen LogP contribution in [0, 0.1) is 11.3 Å². The molecule has 0 radical (unpaired) electrons. The molecule has 0 spiro atoms. The van der Waals surface area contributed by atoms with Crippen LogP contribution < -0.4 is 9.84 Å². The van der Waals surface area contributed by atoms with Gasteiger partial charge in [0.1, 0.15) is 17.4 Å². The van der Waals surface area contributed by atoms with E-state index in [4.69, 9.17) is 27.9 Å². The summed E-state index contributed by atoms with van der Waals surface area (Å²) in [6.45, 7) is 1.39. The molecule has 1 aromatic rings. The molecule has 23 heavy (non-hydrogen) atoms. The lowest BCUT2D eigenvalue weighted by molar-refractivity contribution is -0.307. The fourth-order valence-electron chi connectivity index (χ4n) is 3.93. The van der Waals surface area contributed by atoms with Crippen LogP contribution in [-0.4, -0.2) is 18.4 Å². The number of ether oxygens (including phenoxy) is 1. The van der Waals surface area contributed by atoms with Crippen molar-refractivity contribution in [2.45, 2.75) is 39.0 Å². The van der Waals surface area contributed by atoms with Crippen molar-refractivity contribution in [3.05, 3.63) is 27.2 Å². The second kappa shape index (κ2) is 5.99. The first-order valence-corrected chi connectivity index (χ1v) is 8.48. The maximum atomic E-state index is 13.0. The van der Waals surface area contributed by atoms with Gasteiger partial charge in [0.05, 0.1) is 11.0 Å². The van der Waals surface area contributed by atoms with E-state index in [0.29, 0.717) is 17.9 Å². The summed E-state index contributed by atoms with van der Waals surface area (Å²) < 4.78 is 5.14. The number of ketones is 1. The molecule has 0 saturated heterocycles. The summed E-state index contributed by atoms with van der Waals surface area (Å²) >= 11 is 12.4. The van der Waals surface area contributed by atoms with Crippen LogP contribution in [0.5, 0.6) is 5.75 Å². The standard InChI is InChI=1S/C17H18Cl2O4/c1-17(10-4-2-3-5-10)7-9-6-11(23-8-12(20)21)14(18)15(19)13(9)16(17)22/h6,10H,2-5,7-8H2,1H3,(H,20,21)/p-1/t17-/m0/s1. The Bertz CT molecular complexity index is 680. The molecule has 6 heteroatoms. The lowest BCUT2D eigenvalue weighted by Gasteiger charge is -2.29. The fraction of sp³-hybridized carbons (Fsp3) is 0.529. The molecule has 0 amide bonds. The van der Waals surface area contributed by atoms with Crippen LogP contribution in [0.3, 0.4) is 0 Å². The number of carbonyl (C=O) groups is 2. The van der Waals surface area contributed by atoms with Gasteiger partial charge < -0.3 is 14.6 Å². The maximum Gasteiger partial charge on any atom is 0.171 e. The molecule has 4 nitrogen and oxygen atoms in total. The molecule has 1 atom stereocenters. The molecule has 1 fully saturated rings. The highest BCUT2D eigenvalue weighted by atomic mass is 35.5. The predicted molar refractivity (Wildman–Crippen MR) is 85.1 cm³/mol. The van der Waals surface area contributed by atoms with Gasteiger partial charge in [0, 0.05) is 11.0 Å². The van der Waals surface area contributed by atoms with Gasteiger partial charge in [-0.1, -0.05) is 43.0 Å². The number of fused-ring (bicyclic) bond motifs is 1. The van der Waals surface area contributed by atoms with Crippen molar-refractivity contribution in [3.8, 4) is 5.75 Å². The number of hydrogen-bond donors (Lipinski definition) is 0. The van der Waals surface area contributed by atoms with Crippen molar-refractivity contribution in [1.29, 1.82) is 0 Å². The van der Waals surface area contributed by atoms with Gasteiger partial charge in [-0.2, -0.15) is 0 Å². The molecule has 0 aliphatic heterocycles. The Hall–Kier alpha value is -1.26. The summed E-state index contributed by atoms with van der Waals surface area (Å²) in [6.07, 6.45) is 4.99. The number of carboxylic acids is 1. The van der Waals surface area contributed by atoms with Crippen molar-refractivity contribution in [3.63, 3.8) is 0 Å². The molecule has 1 saturated carbocycles. The maximum absolute atomic E-state index is 13.0. The average molecular weight is 356 g/mol. The van der Waals surface area contributed by atoms with E-state index in [1.54, 1.807) is 6.07 Å². The lowest BCUT2D eigenvalue weighted by atomic mass is 9.73. The SMILES string of the molecule is C[C@@]1(C2CCCC2)Cc2cc(OCC(=O)[O-])c(Cl)c(Cl)c2C1=O. The number of benzene rings is 1. The Labute approximate surface area is 144 Å². The molecule has 0 N–H and O–H groups in total. The topological polar surface area (TPSA) is 66.4 Å². The summed E-state index contributed by atoms with van der Waals surface area (Å²) in [5.41, 5.74) is 0.790. The van der Waals surface area contributed by atoms with E-state index < -0.39 is 18.0 Å². The molecule has 124 valence electrons. The largest absolute Gasteiger partial charge is 0.546 e. The molecule has 0 aromatic heterocycles. The molecule has 3 rings (SSSR count). The summed E-state index contributed by atoms with van der Waals surface area (Å²) in [7, 11) is 0. The van der Waals surface area contributed by atoms with E-state index in [0.717, 1.165) is 31.2 Å². The summed E-state index contributed by atoms with van der Waals surface area (Å²) in [4.78, 5) is 23.5. The predicted octanol–water partition coefficient (Wildman–Crippen LogP) is 3.06. The van der Waals surface area contributed by atoms with Gasteiger partial charge in [-0.25, -0.2) is 0 Å². The van der Waals surface area contributed by atoms with Gasteiger partial charge in [-0.3, -0.25) is 4.79 Å². The zero-order chi connectivity index (χ0) is 16.8. The number of carbonyl (C=O) groups excluding carboxylic acids is 2. The zero-order valence-electron chi connectivity index (χ0n) is 12.8. The third-order valence-corrected chi connectivity index (χ3v) is 6.01. The van der Waals surface area contributed by atoms with E-state index in [2.05, 4.69) is 0 Å². The summed E-state index contributed by atoms with van der Waals surface area (Å²) in [6, 6.07) is 1.64. The van der Waals surface area contributed by atoms with Crippen LogP contribution in [-0.2, 0) is 11.2 Å². The van der Waals surface area contributed by atoms with Gasteiger partial charge in [0.25, 0.3) is 0 Å². The van der Waals surface area contributed by atoms with Crippen molar-refractivity contribution < 1.29 is 19.4 Å². The molecule has 0 heterocycles. The summed E-state index contributed by atoms with van der Waals surface area (Å²) in [5.74, 6) is -0.768. The number of carboxylic acid groups (broad SMARTS) is 1. The first-order valence-electron chi connectivity index (χ1n) is 7.73. The molecule has 0 bridgehead atoms. The molecular weight excluding hydrogens is 339 g/mol. The first-order chi connectivity index (χ1) is 10.8. The van der Waals surface area contributed by atoms with Crippen molar-refractivity contribution >= 4 is 35.0 Å². The smallest absolute Gasteiger partial charge is 0.171 e. The van der Waals surface area contributed by atoms with Crippen LogP contribution in [0.25, 0.3) is 0 Å². The number of Topliss-reactive ketones (excluding diaryl/α,β-unsaturated/α-hetero) is 1. The molecule has 1 aromatic carbocycles. The van der Waals surface area contributed by atoms with E-state index >= 15 is 0 Å². The minimum atomic E-state index is -1.34. The van der Waals surface area contributed by atoms with E-state index in [1.165, 1.54) is 0 Å². The van der Waals surface area contributed by atoms with E-state index in [-0.39, 0.29) is 21.6 Å². The lowest BCUT2D eigenvalue weighted by Crippen LogP contribution is -2.32. The van der Waals surface area contributed by atoms with Crippen LogP contribution in [0.2, 0.25) is 10.0 Å². The van der Waals surface area contributed by atoms with Gasteiger partial charge in [0.15, 0.2) is 5.78 Å². The second-order valence-electron chi connectivity index (χ2n) is 6.60. The molecule has 2 aliphatic rings. The van der Waals surface area contributed by atoms with Crippen molar-refractivity contribution in [2.24, 2.45) is 11.3 Å². The minimum Gasteiger partial charge on any atom is -0.546 e. The van der Waals surface area contributed by atoms with E-state index in [9.17, 15) is 14.7 Å². The van der Waals surface area contributed by atoms with E-state index in [1.807, 2.05) is 6.92 Å². The molecule has 2 aliphatic carbocycles. The number of aliphatic carboxylic acids is 1. The van der Waals surface area contributed by atoms with Gasteiger partial charge >= 0.3 is 0 Å². The summed E-state index contributed by atoms with van der Waals surface area (Å²) in [5, 5.41) is 10.8. The Balaban J connectivity index is 1.98. The number of hydrogen-bond acceptors (Lipinski definition) is 4. The fourth-order valence-corrected chi connectivity index (χ4v) is 4.44. The monoisotopic (exact) mass is 355 g/mol. The van der Waals surface area contributed by atoms with Crippen LogP contribution >= 0.6 is 23.2 Å². The van der Waals surface area contributed by atoms with Crippen molar-refractivity contribution in [2.75, 3.05) is 6.61 Å². The average Bonchev–Trinajstić information content (AvgIpc) is 3.10. The van der Waals surface area contributed by atoms with Crippen LogP contribution in [0.4, 0.5) is 0 Å².